The Morgan fingerprint density at radius 2 is 1.33 bits per heavy atom. The average Bonchev–Trinajstić information content (AvgIpc) is 3.12. The lowest BCUT2D eigenvalue weighted by Gasteiger charge is -2.47. The summed E-state index contributed by atoms with van der Waals surface area (Å²) in [5.41, 5.74) is 2.56. The molecule has 5 aromatic rings. The molecule has 0 radical (unpaired) electrons. The van der Waals surface area contributed by atoms with E-state index in [4.69, 9.17) is 17.0 Å². The van der Waals surface area contributed by atoms with Crippen LogP contribution in [0.4, 0.5) is 5.69 Å². The predicted molar refractivity (Wildman–Crippen MR) is 195 cm³/mol. The number of carbonyl (C=O) groups excluding carboxylic acids is 2. The Bertz CT molecular complexity index is 1840. The number of carbonyl (C=O) groups is 2. The summed E-state index contributed by atoms with van der Waals surface area (Å²) in [6, 6.07) is 43.3. The van der Waals surface area contributed by atoms with Crippen LogP contribution < -0.4 is 15.9 Å². The van der Waals surface area contributed by atoms with E-state index in [2.05, 4.69) is 0 Å². The fourth-order valence-corrected chi connectivity index (χ4v) is 11.6. The van der Waals surface area contributed by atoms with Gasteiger partial charge in [0.25, 0.3) is 11.5 Å². The van der Waals surface area contributed by atoms with Crippen LogP contribution in [0.3, 0.4) is 0 Å². The normalized spacial score (nSPS) is 14.9. The summed E-state index contributed by atoms with van der Waals surface area (Å²) in [5.74, 6) is -1.69. The van der Waals surface area contributed by atoms with Crippen LogP contribution in [0.25, 0.3) is 0 Å². The lowest BCUT2D eigenvalue weighted by molar-refractivity contribution is -0.384. The fraction of sp³-hybridized carbons (Fsp3) is 0.154. The van der Waals surface area contributed by atoms with Crippen molar-refractivity contribution in [1.29, 1.82) is 0 Å². The second-order valence-electron chi connectivity index (χ2n) is 11.7. The number of thiocarbonyl (C=S) groups is 1. The number of nitrogens with zero attached hydrogens (tertiary/aromatic N) is 2. The minimum Gasteiger partial charge on any atom is -0.456 e. The molecule has 0 N–H and O–H groups in total. The quantitative estimate of drug-likeness (QED) is 0.0280. The molecule has 2 unspecified atom stereocenters. The van der Waals surface area contributed by atoms with E-state index in [0.717, 1.165) is 31.9 Å². The molecule has 2 atom stereocenters. The van der Waals surface area contributed by atoms with Gasteiger partial charge in [-0.25, -0.2) is 4.79 Å². The number of hydrogen-bond acceptors (Lipinski definition) is 6. The number of likely N-dealkylation sites (tertiary alicyclic amines) is 1. The Balaban J connectivity index is 1.50. The minimum atomic E-state index is -2.98. The number of esters is 1. The number of ether oxygens (including phenoxy) is 1. The Morgan fingerprint density at radius 3 is 1.81 bits per heavy atom. The molecule has 1 heterocycles. The Labute approximate surface area is 285 Å². The van der Waals surface area contributed by atoms with Gasteiger partial charge in [0.1, 0.15) is 29.8 Å². The molecule has 0 aromatic heterocycles. The highest BCUT2D eigenvalue weighted by atomic mass is 32.1. The van der Waals surface area contributed by atoms with Crippen molar-refractivity contribution >= 4 is 57.8 Å². The number of nitro groups is 1. The summed E-state index contributed by atoms with van der Waals surface area (Å²) < 4.78 is 6.12. The zero-order valence-corrected chi connectivity index (χ0v) is 28.1. The van der Waals surface area contributed by atoms with Crippen LogP contribution in [-0.2, 0) is 20.9 Å². The van der Waals surface area contributed by atoms with Crippen LogP contribution in [0.2, 0.25) is 0 Å². The molecule has 1 saturated heterocycles. The Hall–Kier alpha value is -5.04. The molecule has 240 valence electrons. The van der Waals surface area contributed by atoms with E-state index in [-0.39, 0.29) is 30.7 Å². The monoisotopic (exact) mass is 673 g/mol. The van der Waals surface area contributed by atoms with Crippen LogP contribution in [-0.4, -0.2) is 38.4 Å². The number of amides is 1. The average molecular weight is 674 g/mol. The van der Waals surface area contributed by atoms with E-state index in [1.807, 2.05) is 122 Å². The molecule has 0 spiro atoms. The topological polar surface area (TPSA) is 89.8 Å². The van der Waals surface area contributed by atoms with Gasteiger partial charge in [0.2, 0.25) is 5.91 Å². The van der Waals surface area contributed by atoms with Gasteiger partial charge in [-0.05, 0) is 72.1 Å². The van der Waals surface area contributed by atoms with E-state index in [9.17, 15) is 19.7 Å². The number of aryl methyl sites for hydroxylation is 1. The smallest absolute Gasteiger partial charge is 0.370 e. The van der Waals surface area contributed by atoms with E-state index in [0.29, 0.717) is 12.0 Å². The number of hydrogen-bond donors (Lipinski definition) is 0. The molecule has 0 saturated carbocycles. The van der Waals surface area contributed by atoms with E-state index in [1.54, 1.807) is 17.0 Å². The van der Waals surface area contributed by atoms with Gasteiger partial charge < -0.3 is 4.74 Å². The number of β-lactam (4-membered cyclic amide) rings is 1. The zero-order chi connectivity index (χ0) is 33.7. The summed E-state index contributed by atoms with van der Waals surface area (Å²) in [4.78, 5) is 42.0. The molecule has 0 bridgehead atoms. The van der Waals surface area contributed by atoms with Gasteiger partial charge in [0.15, 0.2) is 0 Å². The highest BCUT2D eigenvalue weighted by Crippen LogP contribution is 2.62. The number of rotatable bonds is 12. The standard InChI is InChI=1S/C39H34N2O5PS/c1-28-13-11-12-20-35(28)36(48)25-31-26-37(42)40(31)38(39(43)46-27-29-21-23-30(24-22-29)41(44)45)47(32-14-5-2-6-15-32,33-16-7-3-8-17-33)34-18-9-4-10-19-34/h2-24,31,38H,25-27H2,1H3/q+1. The summed E-state index contributed by atoms with van der Waals surface area (Å²) in [5, 5.41) is 14.0. The third kappa shape index (κ3) is 6.42. The van der Waals surface area contributed by atoms with Crippen molar-refractivity contribution in [2.75, 3.05) is 0 Å². The molecule has 48 heavy (non-hydrogen) atoms. The first-order chi connectivity index (χ1) is 23.3. The first kappa shape index (κ1) is 32.9. The van der Waals surface area contributed by atoms with Crippen molar-refractivity contribution < 1.29 is 19.2 Å². The lowest BCUT2D eigenvalue weighted by Crippen LogP contribution is -2.64. The van der Waals surface area contributed by atoms with Crippen LogP contribution in [0.1, 0.15) is 29.5 Å². The molecule has 1 aliphatic rings. The third-order valence-corrected chi connectivity index (χ3v) is 13.7. The molecule has 7 nitrogen and oxygen atoms in total. The van der Waals surface area contributed by atoms with Crippen molar-refractivity contribution in [2.24, 2.45) is 0 Å². The fourth-order valence-electron chi connectivity index (χ4n) is 6.47. The van der Waals surface area contributed by atoms with Crippen molar-refractivity contribution in [3.05, 3.63) is 166 Å². The van der Waals surface area contributed by atoms with Crippen LogP contribution in [0.5, 0.6) is 0 Å². The van der Waals surface area contributed by atoms with Gasteiger partial charge in [0.05, 0.1) is 4.92 Å². The highest BCUT2D eigenvalue weighted by molar-refractivity contribution is 7.96. The first-order valence-electron chi connectivity index (χ1n) is 15.7. The van der Waals surface area contributed by atoms with E-state index in [1.165, 1.54) is 12.1 Å². The maximum Gasteiger partial charge on any atom is 0.370 e. The SMILES string of the molecule is Cc1ccccc1C(=S)CC1CC(=O)N1C(C(=O)OCc1ccc([N+](=O)[O-])cc1)[P+](c1ccccc1)(c1ccccc1)c1ccccc1. The molecular formula is C39H34N2O5PS+. The van der Waals surface area contributed by atoms with E-state index < -0.39 is 23.9 Å². The second kappa shape index (κ2) is 14.4. The molecule has 5 aromatic carbocycles. The summed E-state index contributed by atoms with van der Waals surface area (Å²) in [7, 11) is -2.98. The molecule has 1 amide bonds. The van der Waals surface area contributed by atoms with Crippen molar-refractivity contribution in [3.8, 4) is 0 Å². The lowest BCUT2D eigenvalue weighted by atomic mass is 9.93. The molecule has 0 aliphatic carbocycles. The largest absolute Gasteiger partial charge is 0.456 e. The van der Waals surface area contributed by atoms with Crippen molar-refractivity contribution in [3.63, 3.8) is 0 Å². The van der Waals surface area contributed by atoms with Gasteiger partial charge >= 0.3 is 5.97 Å². The molecule has 1 fully saturated rings. The van der Waals surface area contributed by atoms with Gasteiger partial charge in [-0.1, -0.05) is 91.1 Å². The molecule has 9 heteroatoms. The first-order valence-corrected chi connectivity index (χ1v) is 17.9. The van der Waals surface area contributed by atoms with Gasteiger partial charge in [-0.2, -0.15) is 0 Å². The number of benzene rings is 5. The number of non-ortho nitro benzene ring substituents is 1. The van der Waals surface area contributed by atoms with Crippen LogP contribution >= 0.6 is 19.5 Å². The molecule has 6 rings (SSSR count). The van der Waals surface area contributed by atoms with Gasteiger partial charge in [0, 0.05) is 35.9 Å². The Morgan fingerprint density at radius 1 is 0.833 bits per heavy atom. The van der Waals surface area contributed by atoms with E-state index >= 15 is 0 Å². The second-order valence-corrected chi connectivity index (χ2v) is 15.7. The maximum absolute atomic E-state index is 14.9. The Kier molecular flexibility index (Phi) is 9.85. The molecular weight excluding hydrogens is 639 g/mol. The highest BCUT2D eigenvalue weighted by Gasteiger charge is 2.63. The van der Waals surface area contributed by atoms with Crippen LogP contribution in [0, 0.1) is 17.0 Å². The molecule has 1 aliphatic heterocycles. The third-order valence-electron chi connectivity index (χ3n) is 8.82. The summed E-state index contributed by atoms with van der Waals surface area (Å²) in [6.07, 6.45) is 0.687. The van der Waals surface area contributed by atoms with Gasteiger partial charge in [-0.3, -0.25) is 19.8 Å². The predicted octanol–water partition coefficient (Wildman–Crippen LogP) is 6.68. The minimum absolute atomic E-state index is 0.0521. The van der Waals surface area contributed by atoms with Crippen molar-refractivity contribution in [2.45, 2.75) is 38.2 Å². The van der Waals surface area contributed by atoms with Crippen molar-refractivity contribution in [1.82, 2.24) is 4.90 Å². The number of nitro benzene ring substituents is 1. The summed E-state index contributed by atoms with van der Waals surface area (Å²) in [6.45, 7) is 1.90. The maximum atomic E-state index is 14.9. The van der Waals surface area contributed by atoms with Gasteiger partial charge in [-0.15, -0.1) is 0 Å². The van der Waals surface area contributed by atoms with Crippen LogP contribution in [0.15, 0.2) is 140 Å². The summed E-state index contributed by atoms with van der Waals surface area (Å²) >= 11 is 5.95. The zero-order valence-electron chi connectivity index (χ0n) is 26.3.